The van der Waals surface area contributed by atoms with Crippen molar-refractivity contribution in [3.63, 3.8) is 0 Å². The highest BCUT2D eigenvalue weighted by Crippen LogP contribution is 2.41. The lowest BCUT2D eigenvalue weighted by Crippen LogP contribution is -2.31. The van der Waals surface area contributed by atoms with Crippen molar-refractivity contribution in [1.29, 1.82) is 0 Å². The molecule has 0 saturated heterocycles. The van der Waals surface area contributed by atoms with Crippen LogP contribution in [0.4, 0.5) is 13.2 Å². The van der Waals surface area contributed by atoms with Crippen LogP contribution >= 0.6 is 0 Å². The number of rotatable bonds is 4. The Morgan fingerprint density at radius 1 is 1.18 bits per heavy atom. The normalized spacial score (nSPS) is 22.1. The van der Waals surface area contributed by atoms with Gasteiger partial charge in [0.05, 0.1) is 5.56 Å². The molecule has 0 unspecified atom stereocenters. The first kappa shape index (κ1) is 15.1. The smallest absolute Gasteiger partial charge is 0.308 e. The van der Waals surface area contributed by atoms with E-state index in [2.05, 4.69) is 15.5 Å². The lowest BCUT2D eigenvalue weighted by molar-refractivity contribution is -0.138. The van der Waals surface area contributed by atoms with E-state index in [0.717, 1.165) is 25.0 Å². The lowest BCUT2D eigenvalue weighted by atomic mass is 9.89. The third-order valence-electron chi connectivity index (χ3n) is 4.29. The minimum atomic E-state index is -4.30. The first-order valence-electron chi connectivity index (χ1n) is 7.43. The Morgan fingerprint density at radius 3 is 2.73 bits per heavy atom. The van der Waals surface area contributed by atoms with Crippen LogP contribution in [0, 0.1) is 0 Å². The number of halogens is 3. The van der Waals surface area contributed by atoms with Gasteiger partial charge in [-0.05, 0) is 36.5 Å². The first-order chi connectivity index (χ1) is 10.6. The maximum Gasteiger partial charge on any atom is 0.416 e. The molecule has 3 nitrogen and oxygen atoms in total. The topological polar surface area (TPSA) is 40.7 Å². The second-order valence-corrected chi connectivity index (χ2v) is 5.69. The Hall–Kier alpha value is -1.82. The molecular weight excluding hydrogens is 291 g/mol. The molecule has 3 rings (SSSR count). The quantitative estimate of drug-likeness (QED) is 0.900. The minimum Gasteiger partial charge on any atom is -0.308 e. The van der Waals surface area contributed by atoms with Gasteiger partial charge in [-0.15, -0.1) is 0 Å². The monoisotopic (exact) mass is 309 g/mol. The van der Waals surface area contributed by atoms with Crippen LogP contribution in [0.2, 0.25) is 0 Å². The van der Waals surface area contributed by atoms with Crippen LogP contribution in [0.15, 0.2) is 36.5 Å². The Balaban J connectivity index is 1.78. The van der Waals surface area contributed by atoms with Crippen molar-refractivity contribution in [2.45, 2.75) is 43.9 Å². The van der Waals surface area contributed by atoms with Crippen molar-refractivity contribution >= 4 is 0 Å². The summed E-state index contributed by atoms with van der Waals surface area (Å²) in [6.45, 7) is 0.593. The van der Waals surface area contributed by atoms with Gasteiger partial charge in [0.2, 0.25) is 0 Å². The molecule has 1 aromatic heterocycles. The summed E-state index contributed by atoms with van der Waals surface area (Å²) in [5, 5.41) is 10.1. The van der Waals surface area contributed by atoms with Gasteiger partial charge in [0, 0.05) is 24.5 Å². The molecule has 118 valence electrons. The van der Waals surface area contributed by atoms with Gasteiger partial charge >= 0.3 is 6.18 Å². The number of benzene rings is 1. The standard InChI is InChI=1S/C16H18F3N3/c17-16(18,19)14-6-2-1-4-12(14)13-5-3-7-15(13)20-10-11-8-9-21-22-11/h1-2,4,6,8-9,13,15,20H,3,5,7,10H2,(H,21,22)/t13-,15+/m1/s1. The van der Waals surface area contributed by atoms with Crippen molar-refractivity contribution in [3.05, 3.63) is 53.3 Å². The molecule has 0 spiro atoms. The van der Waals surface area contributed by atoms with Crippen LogP contribution in [0.1, 0.15) is 42.0 Å². The van der Waals surface area contributed by atoms with Gasteiger partial charge in [0.25, 0.3) is 0 Å². The Morgan fingerprint density at radius 2 is 2.00 bits per heavy atom. The molecule has 1 aliphatic rings. The summed E-state index contributed by atoms with van der Waals surface area (Å²) in [6.07, 6.45) is -0.00849. The molecule has 0 radical (unpaired) electrons. The fraction of sp³-hybridized carbons (Fsp3) is 0.438. The van der Waals surface area contributed by atoms with E-state index in [4.69, 9.17) is 0 Å². The Kier molecular flexibility index (Phi) is 4.20. The van der Waals surface area contributed by atoms with E-state index < -0.39 is 11.7 Å². The highest BCUT2D eigenvalue weighted by Gasteiger charge is 2.38. The van der Waals surface area contributed by atoms with Crippen molar-refractivity contribution < 1.29 is 13.2 Å². The summed E-state index contributed by atoms with van der Waals surface area (Å²) in [7, 11) is 0. The first-order valence-corrected chi connectivity index (χ1v) is 7.43. The van der Waals surface area contributed by atoms with Crippen molar-refractivity contribution in [2.24, 2.45) is 0 Å². The molecule has 1 aliphatic carbocycles. The molecule has 2 aromatic rings. The van der Waals surface area contributed by atoms with Gasteiger partial charge in [-0.2, -0.15) is 18.3 Å². The SMILES string of the molecule is FC(F)(F)c1ccccc1[C@H]1CCC[C@@H]1NCc1ccn[nH]1. The van der Waals surface area contributed by atoms with Crippen LogP contribution in [-0.2, 0) is 12.7 Å². The molecule has 1 saturated carbocycles. The van der Waals surface area contributed by atoms with Gasteiger partial charge < -0.3 is 5.32 Å². The third-order valence-corrected chi connectivity index (χ3v) is 4.29. The maximum atomic E-state index is 13.2. The second-order valence-electron chi connectivity index (χ2n) is 5.69. The number of nitrogens with one attached hydrogen (secondary N) is 2. The Labute approximate surface area is 126 Å². The van der Waals surface area contributed by atoms with Crippen molar-refractivity contribution in [2.75, 3.05) is 0 Å². The van der Waals surface area contributed by atoms with Crippen molar-refractivity contribution in [3.8, 4) is 0 Å². The van der Waals surface area contributed by atoms with Crippen LogP contribution in [0.5, 0.6) is 0 Å². The van der Waals surface area contributed by atoms with E-state index in [1.165, 1.54) is 12.1 Å². The molecule has 1 fully saturated rings. The summed E-state index contributed by atoms with van der Waals surface area (Å²) in [4.78, 5) is 0. The largest absolute Gasteiger partial charge is 0.416 e. The average molecular weight is 309 g/mol. The number of H-pyrrole nitrogens is 1. The number of aromatic nitrogens is 2. The fourth-order valence-electron chi connectivity index (χ4n) is 3.28. The highest BCUT2D eigenvalue weighted by molar-refractivity contribution is 5.34. The van der Waals surface area contributed by atoms with Gasteiger partial charge in [-0.1, -0.05) is 24.6 Å². The molecule has 2 atom stereocenters. The van der Waals surface area contributed by atoms with E-state index >= 15 is 0 Å². The molecule has 6 heteroatoms. The van der Waals surface area contributed by atoms with E-state index in [1.807, 2.05) is 6.07 Å². The van der Waals surface area contributed by atoms with Crippen LogP contribution < -0.4 is 5.32 Å². The molecule has 22 heavy (non-hydrogen) atoms. The number of hydrogen-bond acceptors (Lipinski definition) is 2. The molecule has 0 amide bonds. The van der Waals surface area contributed by atoms with Crippen LogP contribution in [-0.4, -0.2) is 16.2 Å². The summed E-state index contributed by atoms with van der Waals surface area (Å²) in [6, 6.07) is 7.86. The van der Waals surface area contributed by atoms with E-state index in [1.54, 1.807) is 18.3 Å². The highest BCUT2D eigenvalue weighted by atomic mass is 19.4. The zero-order valence-corrected chi connectivity index (χ0v) is 12.0. The number of hydrogen-bond donors (Lipinski definition) is 2. The van der Waals surface area contributed by atoms with Gasteiger partial charge in [-0.3, -0.25) is 5.10 Å². The maximum absolute atomic E-state index is 13.2. The predicted molar refractivity (Wildman–Crippen MR) is 77.3 cm³/mol. The van der Waals surface area contributed by atoms with Gasteiger partial charge in [-0.25, -0.2) is 0 Å². The van der Waals surface area contributed by atoms with E-state index in [-0.39, 0.29) is 12.0 Å². The lowest BCUT2D eigenvalue weighted by Gasteiger charge is -2.24. The minimum absolute atomic E-state index is 0.0619. The van der Waals surface area contributed by atoms with Crippen molar-refractivity contribution in [1.82, 2.24) is 15.5 Å². The molecule has 0 bridgehead atoms. The van der Waals surface area contributed by atoms with Gasteiger partial charge in [0.15, 0.2) is 0 Å². The summed E-state index contributed by atoms with van der Waals surface area (Å²) in [5.74, 6) is -0.0965. The zero-order valence-electron chi connectivity index (χ0n) is 12.0. The second kappa shape index (κ2) is 6.12. The van der Waals surface area contributed by atoms with Gasteiger partial charge in [0.1, 0.15) is 0 Å². The summed E-state index contributed by atoms with van der Waals surface area (Å²) >= 11 is 0. The Bertz CT molecular complexity index is 607. The summed E-state index contributed by atoms with van der Waals surface area (Å²) in [5.41, 5.74) is 0.847. The number of nitrogens with zero attached hydrogens (tertiary/aromatic N) is 1. The van der Waals surface area contributed by atoms with Crippen LogP contribution in [0.3, 0.4) is 0 Å². The zero-order chi connectivity index (χ0) is 15.6. The molecule has 2 N–H and O–H groups in total. The van der Waals surface area contributed by atoms with E-state index in [0.29, 0.717) is 12.1 Å². The predicted octanol–water partition coefficient (Wildman–Crippen LogP) is 3.85. The van der Waals surface area contributed by atoms with Crippen LogP contribution in [0.25, 0.3) is 0 Å². The molecule has 1 heterocycles. The van der Waals surface area contributed by atoms with E-state index in [9.17, 15) is 13.2 Å². The molecule has 0 aliphatic heterocycles. The number of alkyl halides is 3. The average Bonchev–Trinajstić information content (AvgIpc) is 3.15. The molecular formula is C16H18F3N3. The summed E-state index contributed by atoms with van der Waals surface area (Å²) < 4.78 is 39.6. The molecule has 1 aromatic carbocycles. The third kappa shape index (κ3) is 3.16. The number of aromatic amines is 1. The fourth-order valence-corrected chi connectivity index (χ4v) is 3.28.